The lowest BCUT2D eigenvalue weighted by atomic mass is 10.1. The highest BCUT2D eigenvalue weighted by Crippen LogP contribution is 2.13. The zero-order valence-corrected chi connectivity index (χ0v) is 18.7. The highest BCUT2D eigenvalue weighted by Gasteiger charge is 2.13. The minimum Gasteiger partial charge on any atom is -0.376 e. The molecule has 31 heavy (non-hydrogen) atoms. The van der Waals surface area contributed by atoms with E-state index in [1.165, 1.54) is 0 Å². The van der Waals surface area contributed by atoms with E-state index in [1.807, 2.05) is 27.7 Å². The Labute approximate surface area is 184 Å². The molecule has 0 saturated carbocycles. The third kappa shape index (κ3) is 7.13. The summed E-state index contributed by atoms with van der Waals surface area (Å²) in [5.41, 5.74) is 2.43. The molecule has 0 spiro atoms. The first kappa shape index (κ1) is 23.9. The Morgan fingerprint density at radius 1 is 0.903 bits per heavy atom. The van der Waals surface area contributed by atoms with Crippen molar-refractivity contribution in [2.45, 2.75) is 40.2 Å². The second-order valence-corrected chi connectivity index (χ2v) is 7.32. The molecule has 166 valence electrons. The lowest BCUT2D eigenvalue weighted by molar-refractivity contribution is -0.114. The number of carbonyl (C=O) groups is 3. The zero-order valence-electron chi connectivity index (χ0n) is 18.7. The van der Waals surface area contributed by atoms with Crippen molar-refractivity contribution in [3.63, 3.8) is 0 Å². The summed E-state index contributed by atoms with van der Waals surface area (Å²) in [7, 11) is 0. The van der Waals surface area contributed by atoms with Crippen molar-refractivity contribution in [3.8, 4) is 0 Å². The summed E-state index contributed by atoms with van der Waals surface area (Å²) < 4.78 is 0. The Bertz CT molecular complexity index is 892. The minimum atomic E-state index is -0.225. The molecule has 1 unspecified atom stereocenters. The fourth-order valence-corrected chi connectivity index (χ4v) is 2.96. The number of benzene rings is 2. The maximum atomic E-state index is 12.4. The molecular formula is C24H32N4O3. The molecule has 0 bridgehead atoms. The van der Waals surface area contributed by atoms with Gasteiger partial charge in [-0.25, -0.2) is 0 Å². The Morgan fingerprint density at radius 3 is 2.19 bits per heavy atom. The minimum absolute atomic E-state index is 0.0261. The van der Waals surface area contributed by atoms with Crippen LogP contribution in [0.15, 0.2) is 48.5 Å². The molecule has 3 amide bonds. The summed E-state index contributed by atoms with van der Waals surface area (Å²) in [4.78, 5) is 38.6. The van der Waals surface area contributed by atoms with E-state index in [1.54, 1.807) is 53.4 Å². The topological polar surface area (TPSA) is 90.5 Å². The number of rotatable bonds is 10. The van der Waals surface area contributed by atoms with Crippen molar-refractivity contribution in [1.29, 1.82) is 0 Å². The number of nitrogens with zero attached hydrogens (tertiary/aromatic N) is 1. The van der Waals surface area contributed by atoms with Gasteiger partial charge in [0.1, 0.15) is 0 Å². The van der Waals surface area contributed by atoms with Crippen LogP contribution in [0.25, 0.3) is 0 Å². The van der Waals surface area contributed by atoms with Crippen LogP contribution in [-0.2, 0) is 4.79 Å². The standard InChI is InChI=1S/C24H32N4O3/c1-5-17(4)26-23(30)19-9-8-10-21(15-19)25-16-22(29)27-20-13-11-18(12-14-20)24(31)28(6-2)7-3/h8-15,17,25H,5-7,16H2,1-4H3,(H,26,30)(H,27,29). The van der Waals surface area contributed by atoms with Crippen molar-refractivity contribution >= 4 is 29.1 Å². The Hall–Kier alpha value is -3.35. The fraction of sp³-hybridized carbons (Fsp3) is 0.375. The van der Waals surface area contributed by atoms with Gasteiger partial charge in [-0.15, -0.1) is 0 Å². The average Bonchev–Trinajstić information content (AvgIpc) is 2.79. The molecule has 0 aromatic heterocycles. The van der Waals surface area contributed by atoms with E-state index in [-0.39, 0.29) is 30.3 Å². The molecule has 1 atom stereocenters. The molecule has 7 nitrogen and oxygen atoms in total. The van der Waals surface area contributed by atoms with Crippen LogP contribution in [0.2, 0.25) is 0 Å². The maximum absolute atomic E-state index is 12.4. The summed E-state index contributed by atoms with van der Waals surface area (Å²) >= 11 is 0. The molecule has 7 heteroatoms. The van der Waals surface area contributed by atoms with Crippen molar-refractivity contribution in [2.24, 2.45) is 0 Å². The molecule has 2 rings (SSSR count). The largest absolute Gasteiger partial charge is 0.376 e. The molecule has 2 aromatic rings. The number of amides is 3. The average molecular weight is 425 g/mol. The summed E-state index contributed by atoms with van der Waals surface area (Å²) in [5, 5.41) is 8.76. The van der Waals surface area contributed by atoms with Crippen LogP contribution in [0.1, 0.15) is 54.8 Å². The van der Waals surface area contributed by atoms with E-state index < -0.39 is 0 Å². The van der Waals surface area contributed by atoms with Crippen LogP contribution in [-0.4, -0.2) is 48.3 Å². The SMILES string of the molecule is CCC(C)NC(=O)c1cccc(NCC(=O)Nc2ccc(C(=O)N(CC)CC)cc2)c1. The molecule has 0 saturated heterocycles. The van der Waals surface area contributed by atoms with Crippen LogP contribution in [0.3, 0.4) is 0 Å². The van der Waals surface area contributed by atoms with Crippen molar-refractivity contribution in [2.75, 3.05) is 30.3 Å². The van der Waals surface area contributed by atoms with E-state index >= 15 is 0 Å². The first-order chi connectivity index (χ1) is 14.9. The molecule has 2 aromatic carbocycles. The van der Waals surface area contributed by atoms with Crippen LogP contribution in [0.4, 0.5) is 11.4 Å². The van der Waals surface area contributed by atoms with Crippen molar-refractivity contribution in [3.05, 3.63) is 59.7 Å². The highest BCUT2D eigenvalue weighted by molar-refractivity contribution is 5.97. The molecule has 0 fully saturated rings. The van der Waals surface area contributed by atoms with Gasteiger partial charge in [-0.3, -0.25) is 14.4 Å². The third-order valence-electron chi connectivity index (χ3n) is 5.03. The van der Waals surface area contributed by atoms with Gasteiger partial charge in [0.25, 0.3) is 11.8 Å². The highest BCUT2D eigenvalue weighted by atomic mass is 16.2. The van der Waals surface area contributed by atoms with Gasteiger partial charge in [0.15, 0.2) is 0 Å². The fourth-order valence-electron chi connectivity index (χ4n) is 2.96. The van der Waals surface area contributed by atoms with E-state index in [0.29, 0.717) is 35.6 Å². The van der Waals surface area contributed by atoms with Gasteiger partial charge in [0, 0.05) is 41.6 Å². The Kier molecular flexibility index (Phi) is 9.06. The van der Waals surface area contributed by atoms with Gasteiger partial charge >= 0.3 is 0 Å². The second kappa shape index (κ2) is 11.7. The Morgan fingerprint density at radius 2 is 1.58 bits per heavy atom. The maximum Gasteiger partial charge on any atom is 0.253 e. The monoisotopic (exact) mass is 424 g/mol. The predicted molar refractivity (Wildman–Crippen MR) is 124 cm³/mol. The number of hydrogen-bond acceptors (Lipinski definition) is 4. The van der Waals surface area contributed by atoms with Gasteiger partial charge in [-0.05, 0) is 69.7 Å². The number of anilines is 2. The quantitative estimate of drug-likeness (QED) is 0.542. The number of hydrogen-bond donors (Lipinski definition) is 3. The van der Waals surface area contributed by atoms with Crippen LogP contribution < -0.4 is 16.0 Å². The smallest absolute Gasteiger partial charge is 0.253 e. The molecular weight excluding hydrogens is 392 g/mol. The molecule has 0 aliphatic rings. The van der Waals surface area contributed by atoms with Gasteiger partial charge in [-0.2, -0.15) is 0 Å². The van der Waals surface area contributed by atoms with Gasteiger partial charge in [0.05, 0.1) is 6.54 Å². The second-order valence-electron chi connectivity index (χ2n) is 7.32. The van der Waals surface area contributed by atoms with E-state index in [9.17, 15) is 14.4 Å². The lowest BCUT2D eigenvalue weighted by Gasteiger charge is -2.18. The molecule has 3 N–H and O–H groups in total. The first-order valence-electron chi connectivity index (χ1n) is 10.7. The summed E-state index contributed by atoms with van der Waals surface area (Å²) in [6.07, 6.45) is 0.856. The number of nitrogens with one attached hydrogen (secondary N) is 3. The van der Waals surface area contributed by atoms with Crippen molar-refractivity contribution < 1.29 is 14.4 Å². The molecule has 0 heterocycles. The van der Waals surface area contributed by atoms with Gasteiger partial charge < -0.3 is 20.9 Å². The number of carbonyl (C=O) groups excluding carboxylic acids is 3. The van der Waals surface area contributed by atoms with Crippen molar-refractivity contribution in [1.82, 2.24) is 10.2 Å². The summed E-state index contributed by atoms with van der Waals surface area (Å²) in [6.45, 7) is 9.21. The van der Waals surface area contributed by atoms with Crippen LogP contribution >= 0.6 is 0 Å². The molecule has 0 aliphatic carbocycles. The Balaban J connectivity index is 1.90. The summed E-state index contributed by atoms with van der Waals surface area (Å²) in [5.74, 6) is -0.388. The summed E-state index contributed by atoms with van der Waals surface area (Å²) in [6, 6.07) is 14.0. The predicted octanol–water partition coefficient (Wildman–Crippen LogP) is 3.75. The molecule has 0 radical (unpaired) electrons. The van der Waals surface area contributed by atoms with E-state index in [4.69, 9.17) is 0 Å². The lowest BCUT2D eigenvalue weighted by Crippen LogP contribution is -2.31. The van der Waals surface area contributed by atoms with E-state index in [0.717, 1.165) is 6.42 Å². The normalized spacial score (nSPS) is 11.4. The molecule has 0 aliphatic heterocycles. The third-order valence-corrected chi connectivity index (χ3v) is 5.03. The zero-order chi connectivity index (χ0) is 22.8. The van der Waals surface area contributed by atoms with E-state index in [2.05, 4.69) is 16.0 Å². The van der Waals surface area contributed by atoms with Gasteiger partial charge in [-0.1, -0.05) is 13.0 Å². The van der Waals surface area contributed by atoms with Crippen LogP contribution in [0.5, 0.6) is 0 Å². The van der Waals surface area contributed by atoms with Gasteiger partial charge in [0.2, 0.25) is 5.91 Å². The first-order valence-corrected chi connectivity index (χ1v) is 10.7. The van der Waals surface area contributed by atoms with Crippen LogP contribution in [0, 0.1) is 0 Å².